The first kappa shape index (κ1) is 24.2. The van der Waals surface area contributed by atoms with Gasteiger partial charge in [0.15, 0.2) is 0 Å². The number of ether oxygens (including phenoxy) is 3. The van der Waals surface area contributed by atoms with Crippen LogP contribution in [-0.2, 0) is 34.0 Å². The third kappa shape index (κ3) is 8.22. The molecule has 3 aromatic rings. The first-order valence-corrected chi connectivity index (χ1v) is 10.9. The standard InChI is InChI=1S/C27H29N3O3/c1-2-26(32-19-23-14-8-4-9-15-23)27(33-20-24-16-10-5-11-17-24)25(29-30-28)21-31-18-22-12-6-3-7-13-22/h2-17,25-27H,1,18-21H2/t25-,26+,27+/m0/s1. The van der Waals surface area contributed by atoms with E-state index in [0.29, 0.717) is 19.8 Å². The van der Waals surface area contributed by atoms with Gasteiger partial charge in [0.2, 0.25) is 0 Å². The van der Waals surface area contributed by atoms with Crippen LogP contribution in [0.15, 0.2) is 109 Å². The van der Waals surface area contributed by atoms with Crippen molar-refractivity contribution in [1.82, 2.24) is 0 Å². The van der Waals surface area contributed by atoms with E-state index in [4.69, 9.17) is 14.2 Å². The molecule has 0 amide bonds. The van der Waals surface area contributed by atoms with Crippen molar-refractivity contribution in [2.45, 2.75) is 38.1 Å². The molecule has 0 aliphatic carbocycles. The van der Waals surface area contributed by atoms with Gasteiger partial charge in [-0.15, -0.1) is 6.58 Å². The van der Waals surface area contributed by atoms with Crippen LogP contribution in [-0.4, -0.2) is 24.9 Å². The summed E-state index contributed by atoms with van der Waals surface area (Å²) in [5.74, 6) is 0. The van der Waals surface area contributed by atoms with E-state index in [-0.39, 0.29) is 6.61 Å². The highest BCUT2D eigenvalue weighted by Crippen LogP contribution is 2.19. The SMILES string of the molecule is C=C[C@@H](OCc1ccccc1)[C@H](OCc1ccccc1)[C@H](COCc1ccccc1)N=[N+]=[N-]. The molecule has 170 valence electrons. The molecule has 0 saturated carbocycles. The number of nitrogens with zero attached hydrogens (tertiary/aromatic N) is 3. The smallest absolute Gasteiger partial charge is 0.102 e. The fourth-order valence-electron chi connectivity index (χ4n) is 3.39. The maximum absolute atomic E-state index is 9.23. The van der Waals surface area contributed by atoms with Gasteiger partial charge in [0.05, 0.1) is 38.6 Å². The maximum atomic E-state index is 9.23. The van der Waals surface area contributed by atoms with Crippen molar-refractivity contribution in [2.24, 2.45) is 5.11 Å². The van der Waals surface area contributed by atoms with E-state index in [1.807, 2.05) is 91.0 Å². The van der Waals surface area contributed by atoms with Crippen molar-refractivity contribution in [3.8, 4) is 0 Å². The van der Waals surface area contributed by atoms with Gasteiger partial charge in [0.1, 0.15) is 6.10 Å². The Balaban J connectivity index is 1.72. The van der Waals surface area contributed by atoms with Crippen molar-refractivity contribution >= 4 is 0 Å². The minimum absolute atomic E-state index is 0.192. The van der Waals surface area contributed by atoms with E-state index >= 15 is 0 Å². The van der Waals surface area contributed by atoms with Crippen LogP contribution in [0.25, 0.3) is 10.4 Å². The molecule has 0 aliphatic heterocycles. The lowest BCUT2D eigenvalue weighted by Gasteiger charge is -2.30. The molecule has 0 bridgehead atoms. The lowest BCUT2D eigenvalue weighted by molar-refractivity contribution is -0.0859. The summed E-state index contributed by atoms with van der Waals surface area (Å²) >= 11 is 0. The van der Waals surface area contributed by atoms with Gasteiger partial charge in [-0.1, -0.05) is 102 Å². The zero-order chi connectivity index (χ0) is 23.1. The number of azide groups is 1. The van der Waals surface area contributed by atoms with Crippen LogP contribution in [0.3, 0.4) is 0 Å². The van der Waals surface area contributed by atoms with Gasteiger partial charge >= 0.3 is 0 Å². The summed E-state index contributed by atoms with van der Waals surface area (Å²) < 4.78 is 18.3. The zero-order valence-electron chi connectivity index (χ0n) is 18.6. The summed E-state index contributed by atoms with van der Waals surface area (Å²) in [6.45, 7) is 5.27. The zero-order valence-corrected chi connectivity index (χ0v) is 18.6. The van der Waals surface area contributed by atoms with Crippen LogP contribution in [0.4, 0.5) is 0 Å². The summed E-state index contributed by atoms with van der Waals surface area (Å²) in [6, 6.07) is 29.0. The van der Waals surface area contributed by atoms with E-state index in [2.05, 4.69) is 16.6 Å². The van der Waals surface area contributed by atoms with Gasteiger partial charge in [-0.3, -0.25) is 0 Å². The molecule has 0 aromatic heterocycles. The average molecular weight is 444 g/mol. The van der Waals surface area contributed by atoms with Gasteiger partial charge in [-0.2, -0.15) is 0 Å². The summed E-state index contributed by atoms with van der Waals surface area (Å²) in [5, 5.41) is 3.99. The van der Waals surface area contributed by atoms with Gasteiger partial charge in [-0.25, -0.2) is 0 Å². The Hall–Kier alpha value is -3.41. The number of hydrogen-bond donors (Lipinski definition) is 0. The van der Waals surface area contributed by atoms with Crippen LogP contribution < -0.4 is 0 Å². The van der Waals surface area contributed by atoms with Gasteiger partial charge in [0, 0.05) is 4.91 Å². The quantitative estimate of drug-likeness (QED) is 0.128. The van der Waals surface area contributed by atoms with Gasteiger partial charge in [0.25, 0.3) is 0 Å². The van der Waals surface area contributed by atoms with Crippen LogP contribution in [0.2, 0.25) is 0 Å². The predicted molar refractivity (Wildman–Crippen MR) is 129 cm³/mol. The van der Waals surface area contributed by atoms with E-state index in [0.717, 1.165) is 16.7 Å². The van der Waals surface area contributed by atoms with Gasteiger partial charge < -0.3 is 14.2 Å². The number of rotatable bonds is 14. The third-order valence-electron chi connectivity index (χ3n) is 5.11. The van der Waals surface area contributed by atoms with E-state index in [9.17, 15) is 5.53 Å². The molecular weight excluding hydrogens is 414 g/mol. The van der Waals surface area contributed by atoms with E-state index in [1.54, 1.807) is 6.08 Å². The molecule has 0 aliphatic rings. The molecular formula is C27H29N3O3. The fraction of sp³-hybridized carbons (Fsp3) is 0.259. The van der Waals surface area contributed by atoms with Crippen LogP contribution in [0, 0.1) is 0 Å². The first-order valence-electron chi connectivity index (χ1n) is 10.9. The summed E-state index contributed by atoms with van der Waals surface area (Å²) in [7, 11) is 0. The Morgan fingerprint density at radius 3 is 1.73 bits per heavy atom. The highest BCUT2D eigenvalue weighted by atomic mass is 16.5. The maximum Gasteiger partial charge on any atom is 0.102 e. The molecule has 0 unspecified atom stereocenters. The Labute approximate surface area is 195 Å². The molecule has 3 aromatic carbocycles. The molecule has 0 saturated heterocycles. The fourth-order valence-corrected chi connectivity index (χ4v) is 3.39. The Kier molecular flexibility index (Phi) is 10.2. The summed E-state index contributed by atoms with van der Waals surface area (Å²) in [6.07, 6.45) is 0.623. The molecule has 3 rings (SSSR count). The van der Waals surface area contributed by atoms with Crippen molar-refractivity contribution in [3.63, 3.8) is 0 Å². The van der Waals surface area contributed by atoms with Crippen molar-refractivity contribution in [3.05, 3.63) is 131 Å². The normalized spacial score (nSPS) is 13.5. The molecule has 3 atom stereocenters. The molecule has 6 nitrogen and oxygen atoms in total. The largest absolute Gasteiger partial charge is 0.376 e. The van der Waals surface area contributed by atoms with Crippen LogP contribution in [0.5, 0.6) is 0 Å². The lowest BCUT2D eigenvalue weighted by atomic mass is 10.1. The second kappa shape index (κ2) is 13.9. The topological polar surface area (TPSA) is 76.5 Å². The number of hydrogen-bond acceptors (Lipinski definition) is 4. The Morgan fingerprint density at radius 1 is 0.758 bits per heavy atom. The molecule has 0 N–H and O–H groups in total. The van der Waals surface area contributed by atoms with Gasteiger partial charge in [-0.05, 0) is 22.2 Å². The molecule has 0 radical (unpaired) electrons. The molecule has 0 fully saturated rings. The van der Waals surface area contributed by atoms with E-state index in [1.165, 1.54) is 0 Å². The molecule has 0 heterocycles. The first-order chi connectivity index (χ1) is 16.3. The highest BCUT2D eigenvalue weighted by Gasteiger charge is 2.29. The minimum atomic E-state index is -0.596. The highest BCUT2D eigenvalue weighted by molar-refractivity contribution is 5.15. The Bertz CT molecular complexity index is 993. The number of benzene rings is 3. The molecule has 0 spiro atoms. The molecule has 33 heavy (non-hydrogen) atoms. The second-order valence-electron chi connectivity index (χ2n) is 7.53. The van der Waals surface area contributed by atoms with Crippen molar-refractivity contribution < 1.29 is 14.2 Å². The molecule has 6 heteroatoms. The van der Waals surface area contributed by atoms with Crippen molar-refractivity contribution in [1.29, 1.82) is 0 Å². The Morgan fingerprint density at radius 2 is 1.24 bits per heavy atom. The predicted octanol–water partition coefficient (Wildman–Crippen LogP) is 6.24. The second-order valence-corrected chi connectivity index (χ2v) is 7.53. The lowest BCUT2D eigenvalue weighted by Crippen LogP contribution is -2.41. The van der Waals surface area contributed by atoms with E-state index < -0.39 is 18.2 Å². The van der Waals surface area contributed by atoms with Crippen molar-refractivity contribution in [2.75, 3.05) is 6.61 Å². The average Bonchev–Trinajstić information content (AvgIpc) is 2.87. The minimum Gasteiger partial charge on any atom is -0.376 e. The summed E-state index contributed by atoms with van der Waals surface area (Å²) in [4.78, 5) is 3.05. The van der Waals surface area contributed by atoms with Crippen LogP contribution >= 0.6 is 0 Å². The van der Waals surface area contributed by atoms with Crippen LogP contribution in [0.1, 0.15) is 16.7 Å². The third-order valence-corrected chi connectivity index (χ3v) is 5.11. The summed E-state index contributed by atoms with van der Waals surface area (Å²) in [5.41, 5.74) is 12.3. The monoisotopic (exact) mass is 443 g/mol.